The normalized spacial score (nSPS) is 10.4. The van der Waals surface area contributed by atoms with Gasteiger partial charge in [-0.1, -0.05) is 27.5 Å². The number of aromatic nitrogens is 2. The van der Waals surface area contributed by atoms with Crippen molar-refractivity contribution < 1.29 is 9.53 Å². The van der Waals surface area contributed by atoms with E-state index in [1.807, 2.05) is 24.3 Å². The molecule has 0 saturated carbocycles. The largest absolute Gasteiger partial charge is 0.471 e. The molecule has 122 valence electrons. The fourth-order valence-corrected chi connectivity index (χ4v) is 2.37. The number of ether oxygens (including phenoxy) is 1. The van der Waals surface area contributed by atoms with Gasteiger partial charge in [-0.2, -0.15) is 5.10 Å². The Morgan fingerprint density at radius 2 is 1.88 bits per heavy atom. The summed E-state index contributed by atoms with van der Waals surface area (Å²) in [5.74, 6) is 0.514. The minimum absolute atomic E-state index is 0.222. The molecule has 0 radical (unpaired) electrons. The highest BCUT2D eigenvalue weighted by Crippen LogP contribution is 2.17. The van der Waals surface area contributed by atoms with E-state index >= 15 is 0 Å². The summed E-state index contributed by atoms with van der Waals surface area (Å²) in [5.41, 5.74) is 1.12. The standard InChI is InChI=1S/C17H13BrClN3O2/c18-13-3-7-16(8-4-13)24-11-22-10-15(9-20-22)21-17(23)12-1-5-14(19)6-2-12/h1-10H,11H2,(H,21,23). The lowest BCUT2D eigenvalue weighted by Crippen LogP contribution is -2.11. The Balaban J connectivity index is 1.58. The van der Waals surface area contributed by atoms with E-state index in [0.717, 1.165) is 10.2 Å². The van der Waals surface area contributed by atoms with Crippen LogP contribution in [0.4, 0.5) is 5.69 Å². The van der Waals surface area contributed by atoms with E-state index in [1.165, 1.54) is 0 Å². The second-order valence-corrected chi connectivity index (χ2v) is 6.31. The summed E-state index contributed by atoms with van der Waals surface area (Å²) < 4.78 is 8.20. The third-order valence-electron chi connectivity index (χ3n) is 3.17. The minimum atomic E-state index is -0.222. The van der Waals surface area contributed by atoms with Gasteiger partial charge in [-0.25, -0.2) is 4.68 Å². The average molecular weight is 407 g/mol. The molecule has 3 aromatic rings. The predicted molar refractivity (Wildman–Crippen MR) is 96.4 cm³/mol. The molecule has 0 spiro atoms. The van der Waals surface area contributed by atoms with Crippen LogP contribution in [0.2, 0.25) is 5.02 Å². The van der Waals surface area contributed by atoms with Crippen molar-refractivity contribution in [2.45, 2.75) is 6.73 Å². The monoisotopic (exact) mass is 405 g/mol. The average Bonchev–Trinajstić information content (AvgIpc) is 3.02. The van der Waals surface area contributed by atoms with Crippen LogP contribution in [0.25, 0.3) is 0 Å². The van der Waals surface area contributed by atoms with Gasteiger partial charge in [0.25, 0.3) is 5.91 Å². The lowest BCUT2D eigenvalue weighted by Gasteiger charge is -2.06. The van der Waals surface area contributed by atoms with Gasteiger partial charge in [-0.05, 0) is 48.5 Å². The van der Waals surface area contributed by atoms with E-state index in [0.29, 0.717) is 16.3 Å². The third kappa shape index (κ3) is 4.37. The van der Waals surface area contributed by atoms with Crippen LogP contribution in [0, 0.1) is 0 Å². The molecule has 5 nitrogen and oxygen atoms in total. The molecule has 1 heterocycles. The summed E-state index contributed by atoms with van der Waals surface area (Å²) in [4.78, 5) is 12.1. The maximum Gasteiger partial charge on any atom is 0.255 e. The van der Waals surface area contributed by atoms with Crippen LogP contribution in [0.15, 0.2) is 65.4 Å². The Morgan fingerprint density at radius 3 is 2.58 bits per heavy atom. The number of carbonyl (C=O) groups is 1. The van der Waals surface area contributed by atoms with Crippen molar-refractivity contribution in [2.24, 2.45) is 0 Å². The van der Waals surface area contributed by atoms with Gasteiger partial charge in [-0.15, -0.1) is 0 Å². The van der Waals surface area contributed by atoms with E-state index in [2.05, 4.69) is 26.3 Å². The van der Waals surface area contributed by atoms with Crippen molar-refractivity contribution >= 4 is 39.1 Å². The third-order valence-corrected chi connectivity index (χ3v) is 3.96. The first-order valence-electron chi connectivity index (χ1n) is 7.08. The topological polar surface area (TPSA) is 56.2 Å². The highest BCUT2D eigenvalue weighted by Gasteiger charge is 2.07. The van der Waals surface area contributed by atoms with Gasteiger partial charge in [0.1, 0.15) is 5.75 Å². The Morgan fingerprint density at radius 1 is 1.17 bits per heavy atom. The molecule has 7 heteroatoms. The minimum Gasteiger partial charge on any atom is -0.471 e. The SMILES string of the molecule is O=C(Nc1cnn(COc2ccc(Br)cc2)c1)c1ccc(Cl)cc1. The number of amides is 1. The molecule has 24 heavy (non-hydrogen) atoms. The van der Waals surface area contributed by atoms with Gasteiger partial charge in [0, 0.05) is 15.1 Å². The van der Waals surface area contributed by atoms with Gasteiger partial charge >= 0.3 is 0 Å². The maximum absolute atomic E-state index is 12.1. The van der Waals surface area contributed by atoms with E-state index in [-0.39, 0.29) is 12.6 Å². The first-order chi connectivity index (χ1) is 11.6. The lowest BCUT2D eigenvalue weighted by molar-refractivity contribution is 0.102. The van der Waals surface area contributed by atoms with E-state index < -0.39 is 0 Å². The van der Waals surface area contributed by atoms with Gasteiger partial charge in [-0.3, -0.25) is 4.79 Å². The molecule has 0 aliphatic carbocycles. The first kappa shape index (κ1) is 16.5. The molecule has 0 fully saturated rings. The summed E-state index contributed by atoms with van der Waals surface area (Å²) in [7, 11) is 0. The van der Waals surface area contributed by atoms with Crippen LogP contribution >= 0.6 is 27.5 Å². The van der Waals surface area contributed by atoms with Crippen LogP contribution < -0.4 is 10.1 Å². The summed E-state index contributed by atoms with van der Waals surface area (Å²) in [6.07, 6.45) is 3.27. The van der Waals surface area contributed by atoms with Gasteiger partial charge in [0.2, 0.25) is 0 Å². The molecule has 1 amide bonds. The lowest BCUT2D eigenvalue weighted by atomic mass is 10.2. The molecule has 0 aliphatic rings. The molecule has 1 N–H and O–H groups in total. The molecule has 0 aliphatic heterocycles. The molecule has 0 atom stereocenters. The highest BCUT2D eigenvalue weighted by molar-refractivity contribution is 9.10. The van der Waals surface area contributed by atoms with Crippen molar-refractivity contribution in [3.05, 3.63) is 76.0 Å². The molecular formula is C17H13BrClN3O2. The van der Waals surface area contributed by atoms with Crippen LogP contribution in [-0.2, 0) is 6.73 Å². The molecule has 0 unspecified atom stereocenters. The molecule has 0 bridgehead atoms. The number of nitrogens with zero attached hydrogens (tertiary/aromatic N) is 2. The second kappa shape index (κ2) is 7.51. The molecular weight excluding hydrogens is 394 g/mol. The first-order valence-corrected chi connectivity index (χ1v) is 8.25. The van der Waals surface area contributed by atoms with Crippen molar-refractivity contribution in [3.8, 4) is 5.75 Å². The zero-order chi connectivity index (χ0) is 16.9. The van der Waals surface area contributed by atoms with Crippen LogP contribution in [0.3, 0.4) is 0 Å². The summed E-state index contributed by atoms with van der Waals surface area (Å²) >= 11 is 9.18. The number of anilines is 1. The number of hydrogen-bond acceptors (Lipinski definition) is 3. The quantitative estimate of drug-likeness (QED) is 0.674. The molecule has 1 aromatic heterocycles. The van der Waals surface area contributed by atoms with Gasteiger partial charge < -0.3 is 10.1 Å². The predicted octanol–water partition coefficient (Wildman–Crippen LogP) is 4.59. The molecule has 3 rings (SSSR count). The Kier molecular flexibility index (Phi) is 5.17. The fourth-order valence-electron chi connectivity index (χ4n) is 1.97. The number of rotatable bonds is 5. The van der Waals surface area contributed by atoms with Crippen LogP contribution in [0.5, 0.6) is 5.75 Å². The number of hydrogen-bond donors (Lipinski definition) is 1. The Labute approximate surface area is 152 Å². The summed E-state index contributed by atoms with van der Waals surface area (Å²) in [6.45, 7) is 0.248. The zero-order valence-electron chi connectivity index (χ0n) is 12.4. The van der Waals surface area contributed by atoms with Crippen LogP contribution in [0.1, 0.15) is 10.4 Å². The number of nitrogens with one attached hydrogen (secondary N) is 1. The van der Waals surface area contributed by atoms with Crippen molar-refractivity contribution in [1.29, 1.82) is 0 Å². The van der Waals surface area contributed by atoms with Gasteiger partial charge in [0.05, 0.1) is 18.1 Å². The van der Waals surface area contributed by atoms with Gasteiger partial charge in [0.15, 0.2) is 6.73 Å². The van der Waals surface area contributed by atoms with Crippen molar-refractivity contribution in [3.63, 3.8) is 0 Å². The van der Waals surface area contributed by atoms with E-state index in [9.17, 15) is 4.79 Å². The Bertz CT molecular complexity index is 832. The number of benzene rings is 2. The zero-order valence-corrected chi connectivity index (χ0v) is 14.8. The summed E-state index contributed by atoms with van der Waals surface area (Å²) in [6, 6.07) is 14.2. The Hall–Kier alpha value is -2.31. The molecule has 0 saturated heterocycles. The maximum atomic E-state index is 12.1. The highest BCUT2D eigenvalue weighted by atomic mass is 79.9. The number of carbonyl (C=O) groups excluding carboxylic acids is 1. The smallest absolute Gasteiger partial charge is 0.255 e. The summed E-state index contributed by atoms with van der Waals surface area (Å²) in [5, 5.41) is 7.52. The van der Waals surface area contributed by atoms with Crippen LogP contribution in [-0.4, -0.2) is 15.7 Å². The van der Waals surface area contributed by atoms with Crippen molar-refractivity contribution in [2.75, 3.05) is 5.32 Å². The van der Waals surface area contributed by atoms with Crippen molar-refractivity contribution in [1.82, 2.24) is 9.78 Å². The van der Waals surface area contributed by atoms with E-state index in [4.69, 9.17) is 16.3 Å². The second-order valence-electron chi connectivity index (χ2n) is 4.96. The molecule has 2 aromatic carbocycles. The number of halogens is 2. The fraction of sp³-hybridized carbons (Fsp3) is 0.0588. The van der Waals surface area contributed by atoms with E-state index in [1.54, 1.807) is 41.3 Å².